The number of amides is 1. The van der Waals surface area contributed by atoms with E-state index in [0.29, 0.717) is 36.1 Å². The number of hydrogen-bond acceptors (Lipinski definition) is 5. The Morgan fingerprint density at radius 2 is 2.08 bits per heavy atom. The fourth-order valence-electron chi connectivity index (χ4n) is 5.64. The quantitative estimate of drug-likeness (QED) is 0.884. The number of carbonyl (C=O) groups is 1. The van der Waals surface area contributed by atoms with Crippen LogP contribution in [0, 0.1) is 11.8 Å². The van der Waals surface area contributed by atoms with Gasteiger partial charge in [0.25, 0.3) is 5.91 Å². The van der Waals surface area contributed by atoms with Gasteiger partial charge in [0, 0.05) is 68.7 Å². The molecule has 0 radical (unpaired) electrons. The first-order valence-corrected chi connectivity index (χ1v) is 9.93. The molecule has 1 aromatic rings. The zero-order chi connectivity index (χ0) is 17.6. The standard InChI is InChI=1S/C20H27N3O3/c24-19(14-2-7-21-8-3-14)22-11-16-17-12-23(15-4-9-25-10-5-15)13-20(17)6-1-18(16)26-20/h2-3,7-8,15-18H,1,4-6,9-13H2,(H,22,24)/t16-,17+,18+,20+/m0/s1. The highest BCUT2D eigenvalue weighted by Crippen LogP contribution is 2.55. The van der Waals surface area contributed by atoms with Crippen LogP contribution in [0.4, 0.5) is 0 Å². The second-order valence-electron chi connectivity index (χ2n) is 8.25. The number of ether oxygens (including phenoxy) is 2. The van der Waals surface area contributed by atoms with Gasteiger partial charge in [0.2, 0.25) is 0 Å². The molecule has 2 bridgehead atoms. The Balaban J connectivity index is 1.25. The summed E-state index contributed by atoms with van der Waals surface area (Å²) in [5.41, 5.74) is 0.712. The van der Waals surface area contributed by atoms with Crippen molar-refractivity contribution in [1.82, 2.24) is 15.2 Å². The van der Waals surface area contributed by atoms with E-state index in [4.69, 9.17) is 9.47 Å². The maximum atomic E-state index is 12.4. The number of pyridine rings is 1. The molecule has 6 nitrogen and oxygen atoms in total. The van der Waals surface area contributed by atoms with E-state index in [-0.39, 0.29) is 11.5 Å². The topological polar surface area (TPSA) is 63.7 Å². The molecular formula is C20H27N3O3. The number of aromatic nitrogens is 1. The average Bonchev–Trinajstić information content (AvgIpc) is 3.36. The van der Waals surface area contributed by atoms with E-state index in [1.165, 1.54) is 6.42 Å². The van der Waals surface area contributed by atoms with Gasteiger partial charge in [-0.1, -0.05) is 0 Å². The maximum absolute atomic E-state index is 12.4. The molecule has 4 saturated heterocycles. The van der Waals surface area contributed by atoms with Gasteiger partial charge >= 0.3 is 0 Å². The molecular weight excluding hydrogens is 330 g/mol. The summed E-state index contributed by atoms with van der Waals surface area (Å²) in [7, 11) is 0. The summed E-state index contributed by atoms with van der Waals surface area (Å²) < 4.78 is 12.1. The SMILES string of the molecule is O=C(NC[C@H]1[C@H]2CN(C3CCOCC3)C[C@]23CC[C@H]1O3)c1ccncc1. The summed E-state index contributed by atoms with van der Waals surface area (Å²) in [5.74, 6) is 0.963. The van der Waals surface area contributed by atoms with Crippen molar-refractivity contribution in [3.05, 3.63) is 30.1 Å². The molecule has 0 aliphatic carbocycles. The summed E-state index contributed by atoms with van der Waals surface area (Å²) in [6, 6.07) is 4.16. The summed E-state index contributed by atoms with van der Waals surface area (Å²) in [4.78, 5) is 19.0. The van der Waals surface area contributed by atoms with Crippen LogP contribution in [0.2, 0.25) is 0 Å². The van der Waals surface area contributed by atoms with Crippen molar-refractivity contribution >= 4 is 5.91 Å². The predicted molar refractivity (Wildman–Crippen MR) is 95.8 cm³/mol. The molecule has 1 spiro atoms. The van der Waals surface area contributed by atoms with Crippen molar-refractivity contribution < 1.29 is 14.3 Å². The van der Waals surface area contributed by atoms with E-state index in [0.717, 1.165) is 45.6 Å². The molecule has 1 N–H and O–H groups in total. The lowest BCUT2D eigenvalue weighted by molar-refractivity contribution is -0.0122. The zero-order valence-electron chi connectivity index (χ0n) is 15.1. The summed E-state index contributed by atoms with van der Waals surface area (Å²) >= 11 is 0. The number of nitrogens with one attached hydrogen (secondary N) is 1. The van der Waals surface area contributed by atoms with Crippen molar-refractivity contribution in [2.24, 2.45) is 11.8 Å². The number of hydrogen-bond donors (Lipinski definition) is 1. The Labute approximate surface area is 154 Å². The summed E-state index contributed by atoms with van der Waals surface area (Å²) in [6.07, 6.45) is 8.21. The van der Waals surface area contributed by atoms with E-state index in [1.54, 1.807) is 24.5 Å². The fraction of sp³-hybridized carbons (Fsp3) is 0.700. The molecule has 1 aromatic heterocycles. The monoisotopic (exact) mass is 357 g/mol. The van der Waals surface area contributed by atoms with Gasteiger partial charge in [-0.2, -0.15) is 0 Å². The molecule has 1 amide bonds. The van der Waals surface area contributed by atoms with Crippen LogP contribution < -0.4 is 5.32 Å². The zero-order valence-corrected chi connectivity index (χ0v) is 15.1. The molecule has 4 aliphatic heterocycles. The minimum Gasteiger partial charge on any atom is -0.381 e. The van der Waals surface area contributed by atoms with Gasteiger partial charge in [0.15, 0.2) is 0 Å². The van der Waals surface area contributed by atoms with Crippen molar-refractivity contribution in [3.63, 3.8) is 0 Å². The largest absolute Gasteiger partial charge is 0.381 e. The minimum absolute atomic E-state index is 0.0106. The van der Waals surface area contributed by atoms with Gasteiger partial charge in [-0.3, -0.25) is 14.7 Å². The number of carbonyl (C=O) groups excluding carboxylic acids is 1. The molecule has 4 fully saturated rings. The number of likely N-dealkylation sites (tertiary alicyclic amines) is 1. The Morgan fingerprint density at radius 1 is 1.27 bits per heavy atom. The van der Waals surface area contributed by atoms with Crippen LogP contribution >= 0.6 is 0 Å². The van der Waals surface area contributed by atoms with Crippen molar-refractivity contribution in [1.29, 1.82) is 0 Å². The summed E-state index contributed by atoms with van der Waals surface area (Å²) in [5, 5.41) is 3.14. The highest BCUT2D eigenvalue weighted by Gasteiger charge is 2.63. The van der Waals surface area contributed by atoms with Crippen LogP contribution in [0.3, 0.4) is 0 Å². The van der Waals surface area contributed by atoms with Gasteiger partial charge in [0.05, 0.1) is 11.7 Å². The van der Waals surface area contributed by atoms with E-state index in [1.807, 2.05) is 0 Å². The predicted octanol–water partition coefficient (Wildman–Crippen LogP) is 1.47. The molecule has 0 saturated carbocycles. The van der Waals surface area contributed by atoms with Gasteiger partial charge in [-0.25, -0.2) is 0 Å². The number of nitrogens with zero attached hydrogens (tertiary/aromatic N) is 2. The molecule has 26 heavy (non-hydrogen) atoms. The third-order valence-corrected chi connectivity index (χ3v) is 6.96. The second kappa shape index (κ2) is 6.59. The van der Waals surface area contributed by atoms with Crippen LogP contribution in [-0.4, -0.2) is 66.4 Å². The Kier molecular flexibility index (Phi) is 4.22. The molecule has 4 aliphatic rings. The lowest BCUT2D eigenvalue weighted by atomic mass is 9.73. The number of fused-ring (bicyclic) bond motifs is 1. The highest BCUT2D eigenvalue weighted by molar-refractivity contribution is 5.93. The lowest BCUT2D eigenvalue weighted by Gasteiger charge is -2.32. The molecule has 6 heteroatoms. The van der Waals surface area contributed by atoms with E-state index in [2.05, 4.69) is 15.2 Å². The third-order valence-electron chi connectivity index (χ3n) is 6.96. The van der Waals surface area contributed by atoms with Gasteiger partial charge in [-0.05, 0) is 37.8 Å². The van der Waals surface area contributed by atoms with E-state index in [9.17, 15) is 4.79 Å². The molecule has 5 heterocycles. The van der Waals surface area contributed by atoms with E-state index >= 15 is 0 Å². The first kappa shape index (κ1) is 16.7. The van der Waals surface area contributed by atoms with Crippen LogP contribution in [0.1, 0.15) is 36.0 Å². The van der Waals surface area contributed by atoms with Crippen LogP contribution in [0.15, 0.2) is 24.5 Å². The summed E-state index contributed by atoms with van der Waals surface area (Å²) in [6.45, 7) is 4.64. The molecule has 0 unspecified atom stereocenters. The molecule has 140 valence electrons. The highest BCUT2D eigenvalue weighted by atomic mass is 16.5. The van der Waals surface area contributed by atoms with Crippen LogP contribution in [0.5, 0.6) is 0 Å². The number of rotatable bonds is 4. The first-order chi connectivity index (χ1) is 12.8. The Bertz CT molecular complexity index is 664. The molecule has 4 atom stereocenters. The van der Waals surface area contributed by atoms with Gasteiger partial charge in [0.1, 0.15) is 0 Å². The first-order valence-electron chi connectivity index (χ1n) is 9.93. The maximum Gasteiger partial charge on any atom is 0.251 e. The smallest absolute Gasteiger partial charge is 0.251 e. The lowest BCUT2D eigenvalue weighted by Crippen LogP contribution is -2.41. The fourth-order valence-corrected chi connectivity index (χ4v) is 5.64. The third kappa shape index (κ3) is 2.75. The second-order valence-corrected chi connectivity index (χ2v) is 8.25. The Hall–Kier alpha value is -1.50. The van der Waals surface area contributed by atoms with Crippen molar-refractivity contribution in [2.45, 2.75) is 43.4 Å². The van der Waals surface area contributed by atoms with Gasteiger partial charge < -0.3 is 14.8 Å². The Morgan fingerprint density at radius 3 is 2.88 bits per heavy atom. The van der Waals surface area contributed by atoms with Crippen molar-refractivity contribution in [3.8, 4) is 0 Å². The normalized spacial score (nSPS) is 37.0. The average molecular weight is 357 g/mol. The molecule has 5 rings (SSSR count). The van der Waals surface area contributed by atoms with Crippen molar-refractivity contribution in [2.75, 3.05) is 32.8 Å². The minimum atomic E-state index is -0.0106. The van der Waals surface area contributed by atoms with Gasteiger partial charge in [-0.15, -0.1) is 0 Å². The van der Waals surface area contributed by atoms with Crippen LogP contribution in [0.25, 0.3) is 0 Å². The molecule has 0 aromatic carbocycles. The van der Waals surface area contributed by atoms with E-state index < -0.39 is 0 Å². The van der Waals surface area contributed by atoms with Crippen LogP contribution in [-0.2, 0) is 9.47 Å².